The third-order valence-corrected chi connectivity index (χ3v) is 3.22. The summed E-state index contributed by atoms with van der Waals surface area (Å²) in [4.78, 5) is 11.3. The molecule has 0 saturated heterocycles. The van der Waals surface area contributed by atoms with Crippen molar-refractivity contribution in [2.75, 3.05) is 40.3 Å². The molecule has 20 heavy (non-hydrogen) atoms. The predicted molar refractivity (Wildman–Crippen MR) is 76.4 cm³/mol. The number of nitrogens with zero attached hydrogens (tertiary/aromatic N) is 1. The van der Waals surface area contributed by atoms with E-state index in [1.165, 1.54) is 0 Å². The zero-order valence-corrected chi connectivity index (χ0v) is 13.2. The van der Waals surface area contributed by atoms with Gasteiger partial charge in [0.25, 0.3) is 0 Å². The van der Waals surface area contributed by atoms with Crippen molar-refractivity contribution in [1.82, 2.24) is 5.32 Å². The molecule has 0 fully saturated rings. The van der Waals surface area contributed by atoms with Gasteiger partial charge in [-0.3, -0.25) is 9.35 Å². The van der Waals surface area contributed by atoms with Crippen molar-refractivity contribution in [3.8, 4) is 0 Å². The molecule has 0 aromatic heterocycles. The molecule has 1 amide bonds. The van der Waals surface area contributed by atoms with Crippen molar-refractivity contribution in [2.24, 2.45) is 0 Å². The minimum absolute atomic E-state index is 0.0348. The fraction of sp³-hybridized carbons (Fsp3) is 0.750. The van der Waals surface area contributed by atoms with E-state index in [4.69, 9.17) is 4.55 Å². The van der Waals surface area contributed by atoms with Crippen LogP contribution in [-0.4, -0.2) is 63.7 Å². The SMILES string of the molecule is C=C(C)C(=O)NCCC[N+](C)(C)CCCOS(=O)(=O)O. The van der Waals surface area contributed by atoms with Gasteiger partial charge in [-0.25, -0.2) is 4.18 Å². The van der Waals surface area contributed by atoms with Crippen LogP contribution in [0.2, 0.25) is 0 Å². The molecule has 8 heteroatoms. The summed E-state index contributed by atoms with van der Waals surface area (Å²) in [5.41, 5.74) is 0.487. The quantitative estimate of drug-likeness (QED) is 0.263. The highest BCUT2D eigenvalue weighted by Crippen LogP contribution is 2.02. The van der Waals surface area contributed by atoms with Crippen LogP contribution in [0.4, 0.5) is 0 Å². The Bertz CT molecular complexity index is 431. The van der Waals surface area contributed by atoms with Crippen LogP contribution in [0, 0.1) is 0 Å². The van der Waals surface area contributed by atoms with Gasteiger partial charge in [0, 0.05) is 25.0 Å². The number of hydrogen-bond donors (Lipinski definition) is 2. The van der Waals surface area contributed by atoms with Gasteiger partial charge in [0.05, 0.1) is 33.8 Å². The Morgan fingerprint density at radius 1 is 1.30 bits per heavy atom. The second-order valence-electron chi connectivity index (χ2n) is 5.38. The first-order valence-corrected chi connectivity index (χ1v) is 7.77. The lowest BCUT2D eigenvalue weighted by atomic mass is 10.3. The largest absolute Gasteiger partial charge is 0.397 e. The molecule has 0 atom stereocenters. The van der Waals surface area contributed by atoms with Crippen LogP contribution >= 0.6 is 0 Å². The van der Waals surface area contributed by atoms with E-state index in [2.05, 4.69) is 16.1 Å². The maximum atomic E-state index is 11.3. The monoisotopic (exact) mass is 309 g/mol. The molecular formula is C12H25N2O5S+. The molecule has 0 radical (unpaired) electrons. The van der Waals surface area contributed by atoms with Gasteiger partial charge in [-0.2, -0.15) is 8.42 Å². The van der Waals surface area contributed by atoms with Crippen molar-refractivity contribution in [2.45, 2.75) is 19.8 Å². The summed E-state index contributed by atoms with van der Waals surface area (Å²) >= 11 is 0. The smallest absolute Gasteiger partial charge is 0.352 e. The normalized spacial score (nSPS) is 12.2. The van der Waals surface area contributed by atoms with E-state index in [0.29, 0.717) is 29.6 Å². The van der Waals surface area contributed by atoms with E-state index >= 15 is 0 Å². The van der Waals surface area contributed by atoms with Crippen LogP contribution in [0.3, 0.4) is 0 Å². The van der Waals surface area contributed by atoms with Gasteiger partial charge in [-0.15, -0.1) is 0 Å². The first-order chi connectivity index (χ1) is 9.03. The van der Waals surface area contributed by atoms with Crippen LogP contribution in [0.15, 0.2) is 12.2 Å². The molecule has 0 rings (SSSR count). The minimum atomic E-state index is -4.34. The molecule has 0 aliphatic rings. The van der Waals surface area contributed by atoms with E-state index in [-0.39, 0.29) is 12.5 Å². The van der Waals surface area contributed by atoms with E-state index in [1.54, 1.807) is 6.92 Å². The number of carbonyl (C=O) groups is 1. The number of carbonyl (C=O) groups excluding carboxylic acids is 1. The molecular weight excluding hydrogens is 284 g/mol. The van der Waals surface area contributed by atoms with Gasteiger partial charge in [0.2, 0.25) is 5.91 Å². The summed E-state index contributed by atoms with van der Waals surface area (Å²) in [5, 5.41) is 2.76. The summed E-state index contributed by atoms with van der Waals surface area (Å²) < 4.78 is 34.1. The van der Waals surface area contributed by atoms with Crippen molar-refractivity contribution in [1.29, 1.82) is 0 Å². The third-order valence-electron chi connectivity index (χ3n) is 2.75. The van der Waals surface area contributed by atoms with Crippen LogP contribution in [0.1, 0.15) is 19.8 Å². The molecule has 0 aromatic rings. The minimum Gasteiger partial charge on any atom is -0.352 e. The fourth-order valence-electron chi connectivity index (χ4n) is 1.63. The number of rotatable bonds is 10. The van der Waals surface area contributed by atoms with Crippen molar-refractivity contribution >= 4 is 16.3 Å². The lowest BCUT2D eigenvalue weighted by molar-refractivity contribution is -0.890. The Kier molecular flexibility index (Phi) is 7.95. The average molecular weight is 309 g/mol. The Morgan fingerprint density at radius 3 is 2.35 bits per heavy atom. The van der Waals surface area contributed by atoms with E-state index in [1.807, 2.05) is 14.1 Å². The topological polar surface area (TPSA) is 92.7 Å². The third kappa shape index (κ3) is 10.9. The Balaban J connectivity index is 3.79. The Labute approximate surface area is 121 Å². The Morgan fingerprint density at radius 2 is 1.85 bits per heavy atom. The summed E-state index contributed by atoms with van der Waals surface area (Å²) in [6, 6.07) is 0. The summed E-state index contributed by atoms with van der Waals surface area (Å²) in [6.07, 6.45) is 1.33. The predicted octanol–water partition coefficient (Wildman–Crippen LogP) is 0.355. The van der Waals surface area contributed by atoms with Gasteiger partial charge in [-0.05, 0) is 6.92 Å². The lowest BCUT2D eigenvalue weighted by Gasteiger charge is -2.29. The van der Waals surface area contributed by atoms with E-state index in [9.17, 15) is 13.2 Å². The molecule has 0 spiro atoms. The molecule has 0 aliphatic heterocycles. The zero-order chi connectivity index (χ0) is 15.8. The van der Waals surface area contributed by atoms with E-state index in [0.717, 1.165) is 13.0 Å². The fourth-order valence-corrected chi connectivity index (χ4v) is 1.96. The average Bonchev–Trinajstić information content (AvgIpc) is 2.29. The van der Waals surface area contributed by atoms with Crippen LogP contribution in [0.25, 0.3) is 0 Å². The summed E-state index contributed by atoms with van der Waals surface area (Å²) in [6.45, 7) is 7.30. The maximum absolute atomic E-state index is 11.3. The van der Waals surface area contributed by atoms with E-state index < -0.39 is 10.4 Å². The molecule has 0 aliphatic carbocycles. The van der Waals surface area contributed by atoms with Crippen molar-refractivity contribution in [3.63, 3.8) is 0 Å². The van der Waals surface area contributed by atoms with Gasteiger partial charge in [0.1, 0.15) is 0 Å². The molecule has 0 heterocycles. The number of quaternary nitrogens is 1. The highest BCUT2D eigenvalue weighted by atomic mass is 32.3. The first kappa shape index (κ1) is 19.0. The number of amides is 1. The second-order valence-corrected chi connectivity index (χ2v) is 6.47. The Hall–Kier alpha value is -0.960. The summed E-state index contributed by atoms with van der Waals surface area (Å²) in [7, 11) is -0.327. The zero-order valence-electron chi connectivity index (χ0n) is 12.4. The molecule has 0 aromatic carbocycles. The van der Waals surface area contributed by atoms with Crippen LogP contribution < -0.4 is 5.32 Å². The molecule has 0 unspecified atom stereocenters. The van der Waals surface area contributed by atoms with Crippen molar-refractivity contribution in [3.05, 3.63) is 12.2 Å². The summed E-state index contributed by atoms with van der Waals surface area (Å²) in [5.74, 6) is -0.142. The molecule has 2 N–H and O–H groups in total. The molecule has 0 bridgehead atoms. The first-order valence-electron chi connectivity index (χ1n) is 6.41. The highest BCUT2D eigenvalue weighted by Gasteiger charge is 2.15. The van der Waals surface area contributed by atoms with Gasteiger partial charge in [0.15, 0.2) is 0 Å². The van der Waals surface area contributed by atoms with Gasteiger partial charge < -0.3 is 9.80 Å². The standard InChI is InChI=1S/C12H24N2O5S/c1-11(2)12(15)13-7-5-8-14(3,4)9-6-10-19-20(16,17)18/h1,5-10H2,2-4H3,(H-,13,15,16,17,18)/p+1. The highest BCUT2D eigenvalue weighted by molar-refractivity contribution is 7.80. The van der Waals surface area contributed by atoms with Crippen molar-refractivity contribution < 1.29 is 26.4 Å². The van der Waals surface area contributed by atoms with Crippen LogP contribution in [-0.2, 0) is 19.4 Å². The number of hydrogen-bond acceptors (Lipinski definition) is 4. The van der Waals surface area contributed by atoms with Gasteiger partial charge in [-0.1, -0.05) is 6.58 Å². The molecule has 0 saturated carbocycles. The van der Waals surface area contributed by atoms with Gasteiger partial charge >= 0.3 is 10.4 Å². The molecule has 7 nitrogen and oxygen atoms in total. The van der Waals surface area contributed by atoms with Crippen LogP contribution in [0.5, 0.6) is 0 Å². The molecule has 118 valence electrons. The number of nitrogens with one attached hydrogen (secondary N) is 1. The lowest BCUT2D eigenvalue weighted by Crippen LogP contribution is -2.43. The maximum Gasteiger partial charge on any atom is 0.397 e. The second kappa shape index (κ2) is 8.35.